The zero-order chi connectivity index (χ0) is 30.3. The number of phenols is 1. The minimum Gasteiger partial charge on any atom is -0.504 e. The molecule has 0 saturated carbocycles. The standard InChI is InChI=1S/C36H43IO4Si/c1-7-27(22-28-23-32(37)35(38)34(24-28)39-6)18-19-33-31(20-21-40-33)26(2)25-41-42(36(3,4)5,29-14-10-8-11-15-29)30-16-12-9-13-17-30/h8-17,20,22-24,33,38H,2,7,18-19,21,25H2,1,3-6H3/b27-22+. The molecule has 0 spiro atoms. The maximum Gasteiger partial charge on any atom is 0.261 e. The molecule has 0 fully saturated rings. The summed E-state index contributed by atoms with van der Waals surface area (Å²) in [4.78, 5) is 0. The minimum atomic E-state index is -2.65. The molecule has 4 nitrogen and oxygen atoms in total. The Morgan fingerprint density at radius 1 is 1.07 bits per heavy atom. The van der Waals surface area contributed by atoms with Crippen molar-refractivity contribution in [1.29, 1.82) is 0 Å². The number of benzene rings is 3. The monoisotopic (exact) mass is 694 g/mol. The first-order chi connectivity index (χ1) is 20.1. The Bertz CT molecular complexity index is 1380. The Balaban J connectivity index is 1.51. The van der Waals surface area contributed by atoms with Gasteiger partial charge < -0.3 is 19.0 Å². The van der Waals surface area contributed by atoms with Gasteiger partial charge in [0.15, 0.2) is 11.5 Å². The lowest BCUT2D eigenvalue weighted by molar-refractivity contribution is 0.115. The molecule has 0 radical (unpaired) electrons. The van der Waals surface area contributed by atoms with Crippen LogP contribution in [0.5, 0.6) is 11.5 Å². The number of hydrogen-bond donors (Lipinski definition) is 1. The zero-order valence-electron chi connectivity index (χ0n) is 25.5. The normalized spacial score (nSPS) is 15.9. The van der Waals surface area contributed by atoms with Crippen LogP contribution in [0.25, 0.3) is 6.08 Å². The molecule has 4 rings (SSSR count). The van der Waals surface area contributed by atoms with Gasteiger partial charge in [-0.3, -0.25) is 0 Å². The molecule has 1 atom stereocenters. The fourth-order valence-corrected chi connectivity index (χ4v) is 11.0. The van der Waals surface area contributed by atoms with Crippen molar-refractivity contribution in [2.24, 2.45) is 0 Å². The van der Waals surface area contributed by atoms with E-state index in [1.807, 2.05) is 12.1 Å². The lowest BCUT2D eigenvalue weighted by atomic mass is 9.96. The average molecular weight is 695 g/mol. The fraction of sp³-hybridized carbons (Fsp3) is 0.333. The van der Waals surface area contributed by atoms with Gasteiger partial charge in [-0.05, 0) is 86.1 Å². The molecule has 0 amide bonds. The van der Waals surface area contributed by atoms with Crippen LogP contribution in [0.15, 0.2) is 102 Å². The number of halogens is 1. The van der Waals surface area contributed by atoms with Gasteiger partial charge in [0.05, 0.1) is 30.0 Å². The predicted octanol–water partition coefficient (Wildman–Crippen LogP) is 8.04. The average Bonchev–Trinajstić information content (AvgIpc) is 3.46. The topological polar surface area (TPSA) is 47.9 Å². The molecule has 1 aliphatic heterocycles. The summed E-state index contributed by atoms with van der Waals surface area (Å²) in [5, 5.41) is 12.7. The second kappa shape index (κ2) is 14.2. The quantitative estimate of drug-likeness (QED) is 0.154. The van der Waals surface area contributed by atoms with Gasteiger partial charge in [0.1, 0.15) is 0 Å². The van der Waals surface area contributed by atoms with Gasteiger partial charge in [0.25, 0.3) is 8.32 Å². The second-order valence-electron chi connectivity index (χ2n) is 11.8. The Morgan fingerprint density at radius 2 is 1.69 bits per heavy atom. The molecule has 0 bridgehead atoms. The summed E-state index contributed by atoms with van der Waals surface area (Å²) in [7, 11) is -1.08. The lowest BCUT2D eigenvalue weighted by Gasteiger charge is -2.43. The number of ether oxygens (including phenoxy) is 2. The third-order valence-electron chi connectivity index (χ3n) is 8.06. The van der Waals surface area contributed by atoms with E-state index in [0.29, 0.717) is 19.0 Å². The summed E-state index contributed by atoms with van der Waals surface area (Å²) >= 11 is 2.14. The Hall–Kier alpha value is -2.65. The van der Waals surface area contributed by atoms with Crippen LogP contribution in [0.2, 0.25) is 5.04 Å². The highest BCUT2D eigenvalue weighted by molar-refractivity contribution is 14.1. The summed E-state index contributed by atoms with van der Waals surface area (Å²) in [6, 6.07) is 25.3. The smallest absolute Gasteiger partial charge is 0.261 e. The SMILES string of the molecule is C=C(CO[Si](c1ccccc1)(c1ccccc1)C(C)(C)C)C1=CCOC1CC/C(=C/c1cc(I)c(O)c(OC)c1)CC. The van der Waals surface area contributed by atoms with E-state index in [-0.39, 0.29) is 16.9 Å². The second-order valence-corrected chi connectivity index (χ2v) is 17.3. The van der Waals surface area contributed by atoms with E-state index in [1.54, 1.807) is 7.11 Å². The minimum absolute atomic E-state index is 0.00954. The van der Waals surface area contributed by atoms with E-state index >= 15 is 0 Å². The van der Waals surface area contributed by atoms with Crippen molar-refractivity contribution in [3.63, 3.8) is 0 Å². The molecule has 3 aromatic carbocycles. The van der Waals surface area contributed by atoms with E-state index in [0.717, 1.165) is 39.5 Å². The Labute approximate surface area is 266 Å². The van der Waals surface area contributed by atoms with Crippen molar-refractivity contribution < 1.29 is 19.0 Å². The largest absolute Gasteiger partial charge is 0.504 e. The number of allylic oxidation sites excluding steroid dienone is 1. The van der Waals surface area contributed by atoms with E-state index < -0.39 is 8.32 Å². The van der Waals surface area contributed by atoms with Gasteiger partial charge in [-0.2, -0.15) is 0 Å². The third kappa shape index (κ3) is 7.10. The van der Waals surface area contributed by atoms with Gasteiger partial charge in [-0.25, -0.2) is 0 Å². The molecule has 1 aliphatic rings. The maximum absolute atomic E-state index is 10.2. The predicted molar refractivity (Wildman–Crippen MR) is 185 cm³/mol. The first-order valence-electron chi connectivity index (χ1n) is 14.6. The Morgan fingerprint density at radius 3 is 2.24 bits per heavy atom. The summed E-state index contributed by atoms with van der Waals surface area (Å²) in [5.41, 5.74) is 4.49. The van der Waals surface area contributed by atoms with Crippen LogP contribution in [0.1, 0.15) is 52.5 Å². The number of phenolic OH excluding ortho intramolecular Hbond substituents is 1. The molecular weight excluding hydrogens is 651 g/mol. The van der Waals surface area contributed by atoms with Crippen molar-refractivity contribution in [3.05, 3.63) is 111 Å². The number of methoxy groups -OCH3 is 1. The molecule has 1 heterocycles. The maximum atomic E-state index is 10.2. The molecule has 1 unspecified atom stereocenters. The van der Waals surface area contributed by atoms with Gasteiger partial charge in [0.2, 0.25) is 0 Å². The summed E-state index contributed by atoms with van der Waals surface area (Å²) in [6.07, 6.45) is 7.07. The van der Waals surface area contributed by atoms with E-state index in [1.165, 1.54) is 15.9 Å². The van der Waals surface area contributed by atoms with E-state index in [2.05, 4.69) is 130 Å². The summed E-state index contributed by atoms with van der Waals surface area (Å²) < 4.78 is 19.5. The van der Waals surface area contributed by atoms with Gasteiger partial charge in [-0.1, -0.05) is 113 Å². The first-order valence-corrected chi connectivity index (χ1v) is 17.6. The van der Waals surface area contributed by atoms with Crippen LogP contribution in [-0.4, -0.2) is 39.9 Å². The number of rotatable bonds is 12. The van der Waals surface area contributed by atoms with Crippen LogP contribution < -0.4 is 15.1 Å². The number of aromatic hydroxyl groups is 1. The fourth-order valence-electron chi connectivity index (χ4n) is 5.86. The van der Waals surface area contributed by atoms with Gasteiger partial charge in [0, 0.05) is 0 Å². The summed E-state index contributed by atoms with van der Waals surface area (Å²) in [6.45, 7) is 14.6. The Kier molecular flexibility index (Phi) is 10.9. The molecular formula is C36H43IO4Si. The highest BCUT2D eigenvalue weighted by Crippen LogP contribution is 2.38. The first kappa shape index (κ1) is 32.3. The van der Waals surface area contributed by atoms with Crippen molar-refractivity contribution in [3.8, 4) is 11.5 Å². The molecule has 222 valence electrons. The van der Waals surface area contributed by atoms with Gasteiger partial charge in [-0.15, -0.1) is 0 Å². The van der Waals surface area contributed by atoms with E-state index in [4.69, 9.17) is 13.9 Å². The highest BCUT2D eigenvalue weighted by atomic mass is 127. The summed E-state index contributed by atoms with van der Waals surface area (Å²) in [5.74, 6) is 0.673. The number of hydrogen-bond acceptors (Lipinski definition) is 4. The molecule has 6 heteroatoms. The molecule has 1 N–H and O–H groups in total. The van der Waals surface area contributed by atoms with Crippen molar-refractivity contribution in [2.45, 2.75) is 58.1 Å². The van der Waals surface area contributed by atoms with Gasteiger partial charge >= 0.3 is 0 Å². The third-order valence-corrected chi connectivity index (χ3v) is 13.9. The molecule has 0 saturated heterocycles. The highest BCUT2D eigenvalue weighted by Gasteiger charge is 2.50. The van der Waals surface area contributed by atoms with Crippen LogP contribution >= 0.6 is 22.6 Å². The van der Waals surface area contributed by atoms with Crippen molar-refractivity contribution in [2.75, 3.05) is 20.3 Å². The molecule has 0 aromatic heterocycles. The van der Waals surface area contributed by atoms with Crippen LogP contribution in [0.4, 0.5) is 0 Å². The van der Waals surface area contributed by atoms with Crippen molar-refractivity contribution >= 4 is 47.4 Å². The lowest BCUT2D eigenvalue weighted by Crippen LogP contribution is -2.66. The molecule has 42 heavy (non-hydrogen) atoms. The molecule has 0 aliphatic carbocycles. The van der Waals surface area contributed by atoms with Crippen molar-refractivity contribution in [1.82, 2.24) is 0 Å². The van der Waals surface area contributed by atoms with E-state index in [9.17, 15) is 5.11 Å². The van der Waals surface area contributed by atoms with Crippen LogP contribution in [0.3, 0.4) is 0 Å². The molecule has 3 aromatic rings. The zero-order valence-corrected chi connectivity index (χ0v) is 28.6. The van der Waals surface area contributed by atoms with Crippen LogP contribution in [-0.2, 0) is 9.16 Å². The van der Waals surface area contributed by atoms with Crippen LogP contribution in [0, 0.1) is 3.57 Å².